The van der Waals surface area contributed by atoms with Crippen LogP contribution in [0.4, 0.5) is 13.6 Å². The first-order valence-electron chi connectivity index (χ1n) is 9.41. The van der Waals surface area contributed by atoms with Crippen molar-refractivity contribution in [2.24, 2.45) is 0 Å². The van der Waals surface area contributed by atoms with Crippen molar-refractivity contribution in [2.45, 2.75) is 20.5 Å². The monoisotopic (exact) mass is 446 g/mol. The van der Waals surface area contributed by atoms with Crippen LogP contribution in [0, 0.1) is 13.8 Å². The van der Waals surface area contributed by atoms with Gasteiger partial charge in [0.15, 0.2) is 0 Å². The van der Waals surface area contributed by atoms with Crippen LogP contribution in [-0.4, -0.2) is 41.7 Å². The Morgan fingerprint density at radius 3 is 2.55 bits per heavy atom. The molecule has 0 spiro atoms. The Morgan fingerprint density at radius 1 is 1.16 bits per heavy atom. The number of nitrogens with zero attached hydrogens (tertiary/aromatic N) is 1. The summed E-state index contributed by atoms with van der Waals surface area (Å²) in [5, 5.41) is 2.30. The predicted molar refractivity (Wildman–Crippen MR) is 114 cm³/mol. The van der Waals surface area contributed by atoms with E-state index in [4.69, 9.17) is 0 Å². The lowest BCUT2D eigenvalue weighted by Crippen LogP contribution is -2.37. The number of hydrogen-bond donors (Lipinski definition) is 1. The van der Waals surface area contributed by atoms with E-state index in [1.807, 2.05) is 19.9 Å². The van der Waals surface area contributed by atoms with E-state index >= 15 is 0 Å². The Labute approximate surface area is 182 Å². The number of benzene rings is 2. The number of carbonyl (C=O) groups excluding carboxylic acids is 3. The molecule has 1 fully saturated rings. The van der Waals surface area contributed by atoms with E-state index < -0.39 is 17.8 Å². The molecule has 1 heterocycles. The Bertz CT molecular complexity index is 1040. The van der Waals surface area contributed by atoms with Gasteiger partial charge in [0, 0.05) is 18.7 Å². The topological polar surface area (TPSA) is 75.7 Å². The summed E-state index contributed by atoms with van der Waals surface area (Å²) in [7, 11) is 0. The molecule has 2 aromatic carbocycles. The Balaban J connectivity index is 1.59. The summed E-state index contributed by atoms with van der Waals surface area (Å²) in [5.41, 5.74) is 2.99. The number of rotatable bonds is 7. The fourth-order valence-electron chi connectivity index (χ4n) is 2.96. The SMILES string of the molecule is Cc1cccc(C(=O)NCCN2C(=O)S/C(=C\c3ccc(OC(F)F)cc3)C2=O)c1C. The van der Waals surface area contributed by atoms with Crippen LogP contribution in [0.25, 0.3) is 6.08 Å². The van der Waals surface area contributed by atoms with E-state index in [-0.39, 0.29) is 29.7 Å². The number of alkyl halides is 2. The van der Waals surface area contributed by atoms with Crippen LogP contribution in [-0.2, 0) is 4.79 Å². The summed E-state index contributed by atoms with van der Waals surface area (Å²) >= 11 is 0.786. The van der Waals surface area contributed by atoms with Crippen molar-refractivity contribution >= 4 is 34.9 Å². The Hall–Kier alpha value is -3.20. The molecule has 1 saturated heterocycles. The van der Waals surface area contributed by atoms with Gasteiger partial charge in [-0.25, -0.2) is 0 Å². The number of amides is 3. The molecule has 1 N–H and O–H groups in total. The lowest BCUT2D eigenvalue weighted by Gasteiger charge is -2.14. The van der Waals surface area contributed by atoms with Gasteiger partial charge in [0.1, 0.15) is 5.75 Å². The van der Waals surface area contributed by atoms with E-state index in [9.17, 15) is 23.2 Å². The normalized spacial score (nSPS) is 15.1. The van der Waals surface area contributed by atoms with Crippen molar-refractivity contribution in [2.75, 3.05) is 13.1 Å². The van der Waals surface area contributed by atoms with Gasteiger partial charge in [-0.1, -0.05) is 24.3 Å². The first-order valence-corrected chi connectivity index (χ1v) is 10.2. The standard InChI is InChI=1S/C22H20F2N2O4S/c1-13-4-3-5-17(14(13)2)19(27)25-10-11-26-20(28)18(31-22(26)29)12-15-6-8-16(9-7-15)30-21(23)24/h3-9,12,21H,10-11H2,1-2H3,(H,25,27)/b18-12-. The van der Waals surface area contributed by atoms with Gasteiger partial charge in [-0.2, -0.15) is 8.78 Å². The highest BCUT2D eigenvalue weighted by Gasteiger charge is 2.34. The molecular formula is C22H20F2N2O4S. The molecule has 3 rings (SSSR count). The van der Waals surface area contributed by atoms with E-state index in [0.29, 0.717) is 11.1 Å². The van der Waals surface area contributed by atoms with Gasteiger partial charge in [-0.05, 0) is 66.6 Å². The van der Waals surface area contributed by atoms with Crippen LogP contribution in [0.1, 0.15) is 27.0 Å². The van der Waals surface area contributed by atoms with Crippen molar-refractivity contribution < 1.29 is 27.9 Å². The van der Waals surface area contributed by atoms with Crippen LogP contribution < -0.4 is 10.1 Å². The smallest absolute Gasteiger partial charge is 0.387 e. The highest BCUT2D eigenvalue weighted by atomic mass is 32.2. The maximum Gasteiger partial charge on any atom is 0.387 e. The van der Waals surface area contributed by atoms with Crippen molar-refractivity contribution in [3.8, 4) is 5.75 Å². The van der Waals surface area contributed by atoms with Crippen molar-refractivity contribution in [1.82, 2.24) is 10.2 Å². The third-order valence-corrected chi connectivity index (χ3v) is 5.65. The molecule has 2 aromatic rings. The number of nitrogens with one attached hydrogen (secondary N) is 1. The zero-order chi connectivity index (χ0) is 22.5. The molecule has 1 aliphatic rings. The summed E-state index contributed by atoms with van der Waals surface area (Å²) in [6, 6.07) is 11.2. The average molecular weight is 446 g/mol. The molecule has 0 atom stereocenters. The Kier molecular flexibility index (Phi) is 7.06. The number of ether oxygens (including phenoxy) is 1. The second kappa shape index (κ2) is 9.74. The zero-order valence-electron chi connectivity index (χ0n) is 16.9. The number of imide groups is 1. The van der Waals surface area contributed by atoms with E-state index in [0.717, 1.165) is 27.8 Å². The quantitative estimate of drug-likeness (QED) is 0.640. The van der Waals surface area contributed by atoms with Crippen molar-refractivity contribution in [3.63, 3.8) is 0 Å². The minimum Gasteiger partial charge on any atom is -0.435 e. The van der Waals surface area contributed by atoms with Gasteiger partial charge in [-0.3, -0.25) is 19.3 Å². The summed E-state index contributed by atoms with van der Waals surface area (Å²) in [6.07, 6.45) is 1.51. The van der Waals surface area contributed by atoms with E-state index in [1.165, 1.54) is 30.3 Å². The molecule has 162 valence electrons. The Morgan fingerprint density at radius 2 is 1.87 bits per heavy atom. The summed E-state index contributed by atoms with van der Waals surface area (Å²) < 4.78 is 28.7. The highest BCUT2D eigenvalue weighted by molar-refractivity contribution is 8.18. The minimum absolute atomic E-state index is 0.000146. The van der Waals surface area contributed by atoms with Crippen LogP contribution in [0.2, 0.25) is 0 Å². The largest absolute Gasteiger partial charge is 0.435 e. The third-order valence-electron chi connectivity index (χ3n) is 4.75. The second-order valence-electron chi connectivity index (χ2n) is 6.78. The highest BCUT2D eigenvalue weighted by Crippen LogP contribution is 2.32. The molecule has 3 amide bonds. The molecule has 31 heavy (non-hydrogen) atoms. The molecule has 0 bridgehead atoms. The predicted octanol–water partition coefficient (Wildman–Crippen LogP) is 4.37. The van der Waals surface area contributed by atoms with Gasteiger partial charge in [0.2, 0.25) is 0 Å². The molecule has 0 aliphatic carbocycles. The maximum absolute atomic E-state index is 12.6. The minimum atomic E-state index is -2.92. The van der Waals surface area contributed by atoms with E-state index in [2.05, 4.69) is 10.1 Å². The van der Waals surface area contributed by atoms with Crippen LogP contribution >= 0.6 is 11.8 Å². The fraction of sp³-hybridized carbons (Fsp3) is 0.227. The number of thioether (sulfide) groups is 1. The van der Waals surface area contributed by atoms with Gasteiger partial charge >= 0.3 is 6.61 Å². The summed E-state index contributed by atoms with van der Waals surface area (Å²) in [4.78, 5) is 38.4. The molecule has 0 saturated carbocycles. The van der Waals surface area contributed by atoms with Crippen molar-refractivity contribution in [3.05, 3.63) is 69.6 Å². The maximum atomic E-state index is 12.6. The number of aryl methyl sites for hydroxylation is 1. The third kappa shape index (κ3) is 5.49. The molecule has 1 aliphatic heterocycles. The molecule has 9 heteroatoms. The first kappa shape index (κ1) is 22.5. The number of carbonyl (C=O) groups is 3. The average Bonchev–Trinajstić information content (AvgIpc) is 2.98. The zero-order valence-corrected chi connectivity index (χ0v) is 17.7. The van der Waals surface area contributed by atoms with Crippen LogP contribution in [0.15, 0.2) is 47.4 Å². The number of halogens is 2. The first-order chi connectivity index (χ1) is 14.8. The van der Waals surface area contributed by atoms with Gasteiger partial charge in [0.05, 0.1) is 4.91 Å². The van der Waals surface area contributed by atoms with Crippen LogP contribution in [0.3, 0.4) is 0 Å². The second-order valence-corrected chi connectivity index (χ2v) is 7.78. The molecule has 0 unspecified atom stereocenters. The molecule has 0 aromatic heterocycles. The van der Waals surface area contributed by atoms with Gasteiger partial charge in [0.25, 0.3) is 17.1 Å². The van der Waals surface area contributed by atoms with Gasteiger partial charge in [-0.15, -0.1) is 0 Å². The molecule has 0 radical (unpaired) electrons. The number of hydrogen-bond acceptors (Lipinski definition) is 5. The lowest BCUT2D eigenvalue weighted by atomic mass is 10.0. The fourth-order valence-corrected chi connectivity index (χ4v) is 3.83. The summed E-state index contributed by atoms with van der Waals surface area (Å²) in [5.74, 6) is -0.737. The molecule has 6 nitrogen and oxygen atoms in total. The van der Waals surface area contributed by atoms with Crippen molar-refractivity contribution in [1.29, 1.82) is 0 Å². The lowest BCUT2D eigenvalue weighted by molar-refractivity contribution is -0.122. The molecular weight excluding hydrogens is 426 g/mol. The van der Waals surface area contributed by atoms with E-state index in [1.54, 1.807) is 12.1 Å². The van der Waals surface area contributed by atoms with Gasteiger partial charge < -0.3 is 10.1 Å². The van der Waals surface area contributed by atoms with Crippen LogP contribution in [0.5, 0.6) is 5.75 Å². The summed E-state index contributed by atoms with van der Waals surface area (Å²) in [6.45, 7) is 1.02.